The molecule has 0 unspecified atom stereocenters. The monoisotopic (exact) mass is 275 g/mol. The second-order valence-corrected chi connectivity index (χ2v) is 4.76. The number of aryl methyl sites for hydroxylation is 1. The second kappa shape index (κ2) is 5.80. The Hall–Kier alpha value is -1.94. The molecule has 0 spiro atoms. The molecule has 2 aromatic rings. The van der Waals surface area contributed by atoms with Gasteiger partial charge in [-0.2, -0.15) is 0 Å². The summed E-state index contributed by atoms with van der Waals surface area (Å²) in [5, 5.41) is 0. The summed E-state index contributed by atoms with van der Waals surface area (Å²) in [4.78, 5) is 0.177. The third-order valence-corrected chi connectivity index (χ3v) is 2.87. The van der Waals surface area contributed by atoms with Crippen LogP contribution in [0.1, 0.15) is 16.7 Å². The lowest BCUT2D eigenvalue weighted by molar-refractivity contribution is 0.305. The minimum atomic E-state index is -0.367. The molecule has 0 bridgehead atoms. The van der Waals surface area contributed by atoms with Crippen molar-refractivity contribution in [3.05, 3.63) is 65.0 Å². The molecule has 2 rings (SSSR count). The Morgan fingerprint density at radius 2 is 2.05 bits per heavy atom. The lowest BCUT2D eigenvalue weighted by Gasteiger charge is -2.08. The fraction of sp³-hybridized carbons (Fsp3) is 0.133. The Labute approximate surface area is 117 Å². The van der Waals surface area contributed by atoms with Crippen molar-refractivity contribution in [1.29, 1.82) is 0 Å². The van der Waals surface area contributed by atoms with Gasteiger partial charge in [-0.25, -0.2) is 4.39 Å². The highest BCUT2D eigenvalue weighted by Crippen LogP contribution is 2.16. The first-order valence-corrected chi connectivity index (χ1v) is 6.24. The average molecular weight is 275 g/mol. The maximum absolute atomic E-state index is 13.4. The summed E-state index contributed by atoms with van der Waals surface area (Å²) in [6.07, 6.45) is 0. The van der Waals surface area contributed by atoms with Gasteiger partial charge in [0.2, 0.25) is 0 Å². The highest BCUT2D eigenvalue weighted by atomic mass is 32.1. The van der Waals surface area contributed by atoms with Gasteiger partial charge in [-0.3, -0.25) is 0 Å². The Morgan fingerprint density at radius 3 is 2.74 bits per heavy atom. The summed E-state index contributed by atoms with van der Waals surface area (Å²) in [6.45, 7) is 2.26. The van der Waals surface area contributed by atoms with Gasteiger partial charge in [0.15, 0.2) is 0 Å². The molecule has 0 atom stereocenters. The molecule has 0 aliphatic rings. The van der Waals surface area contributed by atoms with Crippen LogP contribution in [0.5, 0.6) is 5.75 Å². The van der Waals surface area contributed by atoms with Crippen molar-refractivity contribution in [1.82, 2.24) is 0 Å². The molecule has 0 heterocycles. The van der Waals surface area contributed by atoms with E-state index in [1.54, 1.807) is 6.07 Å². The molecular weight excluding hydrogens is 261 g/mol. The average Bonchev–Trinajstić information content (AvgIpc) is 2.36. The molecule has 0 aliphatic carbocycles. The van der Waals surface area contributed by atoms with Crippen molar-refractivity contribution in [3.8, 4) is 5.75 Å². The first-order valence-electron chi connectivity index (χ1n) is 5.83. The summed E-state index contributed by atoms with van der Waals surface area (Å²) < 4.78 is 19.0. The lowest BCUT2D eigenvalue weighted by Crippen LogP contribution is -2.10. The van der Waals surface area contributed by atoms with Gasteiger partial charge in [-0.15, -0.1) is 0 Å². The number of ether oxygens (including phenoxy) is 1. The van der Waals surface area contributed by atoms with Crippen LogP contribution >= 0.6 is 12.2 Å². The lowest BCUT2D eigenvalue weighted by atomic mass is 10.1. The minimum absolute atomic E-state index is 0.177. The van der Waals surface area contributed by atoms with Crippen molar-refractivity contribution in [3.63, 3.8) is 0 Å². The van der Waals surface area contributed by atoms with Crippen LogP contribution in [0, 0.1) is 12.7 Å². The van der Waals surface area contributed by atoms with Gasteiger partial charge in [0.25, 0.3) is 0 Å². The van der Waals surface area contributed by atoms with E-state index >= 15 is 0 Å². The van der Waals surface area contributed by atoms with Gasteiger partial charge in [-0.1, -0.05) is 24.4 Å². The van der Waals surface area contributed by atoms with E-state index in [1.807, 2.05) is 31.2 Å². The van der Waals surface area contributed by atoms with Crippen LogP contribution in [-0.4, -0.2) is 4.99 Å². The van der Waals surface area contributed by atoms with Crippen LogP contribution in [0.2, 0.25) is 0 Å². The summed E-state index contributed by atoms with van der Waals surface area (Å²) in [7, 11) is 0. The molecule has 0 aromatic heterocycles. The molecule has 2 aromatic carbocycles. The second-order valence-electron chi connectivity index (χ2n) is 4.32. The predicted molar refractivity (Wildman–Crippen MR) is 77.8 cm³/mol. The zero-order valence-corrected chi connectivity index (χ0v) is 11.3. The van der Waals surface area contributed by atoms with E-state index in [4.69, 9.17) is 22.7 Å². The Kier molecular flexibility index (Phi) is 4.12. The summed E-state index contributed by atoms with van der Waals surface area (Å²) in [5.74, 6) is 0.384. The van der Waals surface area contributed by atoms with E-state index in [-0.39, 0.29) is 17.4 Å². The Morgan fingerprint density at radius 1 is 1.26 bits per heavy atom. The van der Waals surface area contributed by atoms with Crippen LogP contribution in [0.3, 0.4) is 0 Å². The fourth-order valence-corrected chi connectivity index (χ4v) is 1.87. The van der Waals surface area contributed by atoms with E-state index in [0.29, 0.717) is 11.1 Å². The molecule has 0 radical (unpaired) electrons. The molecular formula is C15H14FNOS. The molecule has 0 saturated heterocycles. The van der Waals surface area contributed by atoms with Crippen molar-refractivity contribution in [2.24, 2.45) is 5.73 Å². The van der Waals surface area contributed by atoms with Gasteiger partial charge < -0.3 is 10.5 Å². The Bertz CT molecular complexity index is 613. The molecule has 0 saturated carbocycles. The topological polar surface area (TPSA) is 35.2 Å². The van der Waals surface area contributed by atoms with Gasteiger partial charge >= 0.3 is 0 Å². The van der Waals surface area contributed by atoms with E-state index in [0.717, 1.165) is 11.3 Å². The molecule has 4 heteroatoms. The normalized spacial score (nSPS) is 10.2. The number of hydrogen-bond acceptors (Lipinski definition) is 2. The van der Waals surface area contributed by atoms with Crippen molar-refractivity contribution in [2.45, 2.75) is 13.5 Å². The molecule has 98 valence electrons. The van der Waals surface area contributed by atoms with Crippen LogP contribution in [0.15, 0.2) is 42.5 Å². The minimum Gasteiger partial charge on any atom is -0.489 e. The highest BCUT2D eigenvalue weighted by Gasteiger charge is 2.04. The van der Waals surface area contributed by atoms with Gasteiger partial charge in [-0.05, 0) is 48.4 Å². The van der Waals surface area contributed by atoms with Crippen LogP contribution in [0.4, 0.5) is 4.39 Å². The third kappa shape index (κ3) is 3.76. The predicted octanol–water partition coefficient (Wildman–Crippen LogP) is 3.35. The first kappa shape index (κ1) is 13.5. The van der Waals surface area contributed by atoms with E-state index < -0.39 is 0 Å². The number of nitrogens with two attached hydrogens (primary N) is 1. The summed E-state index contributed by atoms with van der Waals surface area (Å²) >= 11 is 4.85. The van der Waals surface area contributed by atoms with Gasteiger partial charge in [0.1, 0.15) is 23.2 Å². The van der Waals surface area contributed by atoms with Gasteiger partial charge in [0.05, 0.1) is 0 Å². The van der Waals surface area contributed by atoms with Crippen molar-refractivity contribution in [2.75, 3.05) is 0 Å². The molecule has 0 fully saturated rings. The molecule has 2 nitrogen and oxygen atoms in total. The number of benzene rings is 2. The quantitative estimate of drug-likeness (QED) is 0.869. The van der Waals surface area contributed by atoms with Crippen molar-refractivity contribution >= 4 is 17.2 Å². The van der Waals surface area contributed by atoms with Gasteiger partial charge in [0, 0.05) is 5.56 Å². The number of halogens is 1. The largest absolute Gasteiger partial charge is 0.489 e. The maximum Gasteiger partial charge on any atom is 0.124 e. The molecule has 2 N–H and O–H groups in total. The highest BCUT2D eigenvalue weighted by molar-refractivity contribution is 7.80. The standard InChI is InChI=1S/C15H14FNOS/c1-10-3-2-4-14(5-10)18-9-11-6-12(15(17)19)8-13(16)7-11/h2-8H,9H2,1H3,(H2,17,19). The Balaban J connectivity index is 2.13. The molecule has 19 heavy (non-hydrogen) atoms. The SMILES string of the molecule is Cc1cccc(OCc2cc(F)cc(C(N)=S)c2)c1. The zero-order chi connectivity index (χ0) is 13.8. The van der Waals surface area contributed by atoms with Crippen LogP contribution in [-0.2, 0) is 6.61 Å². The van der Waals surface area contributed by atoms with E-state index in [2.05, 4.69) is 0 Å². The summed E-state index contributed by atoms with van der Waals surface area (Å²) in [6, 6.07) is 12.2. The fourth-order valence-electron chi connectivity index (χ4n) is 1.75. The summed E-state index contributed by atoms with van der Waals surface area (Å²) in [5.41, 5.74) is 7.82. The van der Waals surface area contributed by atoms with Crippen LogP contribution in [0.25, 0.3) is 0 Å². The molecule has 0 amide bonds. The third-order valence-electron chi connectivity index (χ3n) is 2.64. The number of rotatable bonds is 4. The van der Waals surface area contributed by atoms with Crippen molar-refractivity contribution < 1.29 is 9.13 Å². The van der Waals surface area contributed by atoms with E-state index in [1.165, 1.54) is 12.1 Å². The van der Waals surface area contributed by atoms with E-state index in [9.17, 15) is 4.39 Å². The molecule has 0 aliphatic heterocycles. The zero-order valence-electron chi connectivity index (χ0n) is 10.5. The number of hydrogen-bond donors (Lipinski definition) is 1. The van der Waals surface area contributed by atoms with Crippen LogP contribution < -0.4 is 10.5 Å². The smallest absolute Gasteiger partial charge is 0.124 e. The first-order chi connectivity index (χ1) is 9.04. The maximum atomic E-state index is 13.4. The number of thiocarbonyl (C=S) groups is 1.